The van der Waals surface area contributed by atoms with Gasteiger partial charge in [0.25, 0.3) is 5.91 Å². The molecule has 1 amide bonds. The number of anilines is 1. The molecule has 7 nitrogen and oxygen atoms in total. The molecule has 0 saturated carbocycles. The van der Waals surface area contributed by atoms with Crippen molar-refractivity contribution in [2.24, 2.45) is 0 Å². The number of sulfonamides is 1. The van der Waals surface area contributed by atoms with Crippen LogP contribution >= 0.6 is 11.3 Å². The highest BCUT2D eigenvalue weighted by molar-refractivity contribution is 7.89. The van der Waals surface area contributed by atoms with Crippen molar-refractivity contribution in [1.82, 2.24) is 9.29 Å². The van der Waals surface area contributed by atoms with Crippen LogP contribution in [0.5, 0.6) is 5.75 Å². The Bertz CT molecular complexity index is 1210. The monoisotopic (exact) mass is 487 g/mol. The van der Waals surface area contributed by atoms with Crippen molar-refractivity contribution in [3.63, 3.8) is 0 Å². The number of thiazole rings is 1. The summed E-state index contributed by atoms with van der Waals surface area (Å²) in [6.45, 7) is 2.75. The lowest BCUT2D eigenvalue weighted by atomic mass is 10.2. The van der Waals surface area contributed by atoms with E-state index in [0.29, 0.717) is 23.3 Å². The predicted molar refractivity (Wildman–Crippen MR) is 116 cm³/mol. The van der Waals surface area contributed by atoms with Gasteiger partial charge in [0.15, 0.2) is 11.7 Å². The Hall–Kier alpha value is -2.70. The van der Waals surface area contributed by atoms with Gasteiger partial charge in [0.2, 0.25) is 10.0 Å². The zero-order chi connectivity index (χ0) is 23.5. The molecule has 0 saturated heterocycles. The first-order chi connectivity index (χ1) is 15.0. The number of rotatable bonds is 8. The lowest BCUT2D eigenvalue weighted by Gasteiger charge is -2.18. The van der Waals surface area contributed by atoms with Crippen LogP contribution in [-0.2, 0) is 10.0 Å². The zero-order valence-corrected chi connectivity index (χ0v) is 18.8. The van der Waals surface area contributed by atoms with Gasteiger partial charge in [-0.2, -0.15) is 17.5 Å². The number of ether oxygens (including phenoxy) is 1. The largest absolute Gasteiger partial charge is 0.484 e. The van der Waals surface area contributed by atoms with Gasteiger partial charge in [0.1, 0.15) is 5.75 Å². The first kappa shape index (κ1) is 24.0. The van der Waals surface area contributed by atoms with Crippen molar-refractivity contribution >= 4 is 42.6 Å². The van der Waals surface area contributed by atoms with Crippen molar-refractivity contribution in [2.75, 3.05) is 25.0 Å². The Morgan fingerprint density at radius 3 is 2.38 bits per heavy atom. The lowest BCUT2D eigenvalue weighted by Crippen LogP contribution is -2.30. The minimum atomic E-state index is -4.44. The molecule has 172 valence electrons. The molecule has 0 aliphatic heterocycles. The normalized spacial score (nSPS) is 12.3. The maximum Gasteiger partial charge on any atom is 0.422 e. The van der Waals surface area contributed by atoms with Gasteiger partial charge in [0, 0.05) is 18.7 Å². The van der Waals surface area contributed by atoms with E-state index in [-0.39, 0.29) is 21.3 Å². The molecule has 2 aromatic carbocycles. The van der Waals surface area contributed by atoms with E-state index in [9.17, 15) is 26.4 Å². The zero-order valence-electron chi connectivity index (χ0n) is 17.1. The van der Waals surface area contributed by atoms with Crippen LogP contribution in [-0.4, -0.2) is 49.5 Å². The molecule has 3 aromatic rings. The third kappa shape index (κ3) is 5.56. The summed E-state index contributed by atoms with van der Waals surface area (Å²) in [6.07, 6.45) is -4.44. The molecule has 0 aliphatic carbocycles. The average molecular weight is 488 g/mol. The summed E-state index contributed by atoms with van der Waals surface area (Å²) in [5.41, 5.74) is 0.724. The van der Waals surface area contributed by atoms with E-state index < -0.39 is 28.7 Å². The van der Waals surface area contributed by atoms with Crippen molar-refractivity contribution in [3.8, 4) is 5.75 Å². The summed E-state index contributed by atoms with van der Waals surface area (Å²) in [5.74, 6) is -0.453. The van der Waals surface area contributed by atoms with Crippen molar-refractivity contribution < 1.29 is 31.1 Å². The Morgan fingerprint density at radius 2 is 1.78 bits per heavy atom. The van der Waals surface area contributed by atoms with E-state index in [1.54, 1.807) is 13.8 Å². The van der Waals surface area contributed by atoms with Crippen molar-refractivity contribution in [1.29, 1.82) is 0 Å². The quantitative estimate of drug-likeness (QED) is 0.505. The number of nitrogens with zero attached hydrogens (tertiary/aromatic N) is 2. The molecule has 1 aromatic heterocycles. The summed E-state index contributed by atoms with van der Waals surface area (Å²) in [4.78, 5) is 16.8. The fourth-order valence-electron chi connectivity index (χ4n) is 2.87. The highest BCUT2D eigenvalue weighted by atomic mass is 32.2. The van der Waals surface area contributed by atoms with Gasteiger partial charge < -0.3 is 4.74 Å². The van der Waals surface area contributed by atoms with Gasteiger partial charge in [-0.25, -0.2) is 13.4 Å². The van der Waals surface area contributed by atoms with Crippen LogP contribution in [0.2, 0.25) is 0 Å². The van der Waals surface area contributed by atoms with E-state index in [1.165, 1.54) is 46.8 Å². The number of benzene rings is 2. The highest BCUT2D eigenvalue weighted by Gasteiger charge is 2.28. The number of nitrogens with one attached hydrogen (secondary N) is 1. The molecule has 3 rings (SSSR count). The van der Waals surface area contributed by atoms with Gasteiger partial charge in [-0.1, -0.05) is 25.2 Å². The molecule has 0 unspecified atom stereocenters. The van der Waals surface area contributed by atoms with Crippen LogP contribution in [0.15, 0.2) is 47.4 Å². The Balaban J connectivity index is 1.72. The maximum absolute atomic E-state index is 12.5. The first-order valence-electron chi connectivity index (χ1n) is 9.55. The molecule has 12 heteroatoms. The van der Waals surface area contributed by atoms with Crippen LogP contribution in [0, 0.1) is 0 Å². The fraction of sp³-hybridized carbons (Fsp3) is 0.300. The Labute approximate surface area is 186 Å². The second kappa shape index (κ2) is 9.43. The Morgan fingerprint density at radius 1 is 1.12 bits per heavy atom. The summed E-state index contributed by atoms with van der Waals surface area (Å²) in [6, 6.07) is 9.83. The molecule has 32 heavy (non-hydrogen) atoms. The predicted octanol–water partition coefficient (Wildman–Crippen LogP) is 4.52. The average Bonchev–Trinajstić information content (AvgIpc) is 3.14. The van der Waals surface area contributed by atoms with Crippen LogP contribution in [0.1, 0.15) is 24.2 Å². The molecule has 0 fully saturated rings. The van der Waals surface area contributed by atoms with E-state index in [1.807, 2.05) is 0 Å². The molecule has 1 heterocycles. The molecule has 0 aliphatic rings. The van der Waals surface area contributed by atoms with Crippen molar-refractivity contribution in [3.05, 3.63) is 48.0 Å². The summed E-state index contributed by atoms with van der Waals surface area (Å²) in [7, 11) is -3.63. The number of alkyl halides is 3. The second-order valence-electron chi connectivity index (χ2n) is 6.62. The first-order valence-corrected chi connectivity index (χ1v) is 11.8. The van der Waals surface area contributed by atoms with Crippen LogP contribution in [0.4, 0.5) is 18.3 Å². The molecule has 1 N–H and O–H groups in total. The van der Waals surface area contributed by atoms with Gasteiger partial charge >= 0.3 is 6.18 Å². The number of fused-ring (bicyclic) bond motifs is 1. The number of carbonyl (C=O) groups excluding carboxylic acids is 1. The van der Waals surface area contributed by atoms with Crippen LogP contribution in [0.25, 0.3) is 10.2 Å². The molecule has 0 atom stereocenters. The van der Waals surface area contributed by atoms with E-state index in [0.717, 1.165) is 11.3 Å². The third-order valence-electron chi connectivity index (χ3n) is 4.44. The lowest BCUT2D eigenvalue weighted by molar-refractivity contribution is -0.153. The molecule has 0 bridgehead atoms. The number of carbonyl (C=O) groups is 1. The number of amides is 1. The fourth-order valence-corrected chi connectivity index (χ4v) is 5.22. The topological polar surface area (TPSA) is 88.6 Å². The van der Waals surface area contributed by atoms with Gasteiger partial charge in [-0.15, -0.1) is 0 Å². The van der Waals surface area contributed by atoms with Crippen LogP contribution in [0.3, 0.4) is 0 Å². The standard InChI is InChI=1S/C20H20F3N3O4S2/c1-3-26(4-2)32(28,29)15-8-5-13(6-9-15)18(27)25-19-24-16-10-7-14(11-17(16)31-19)30-12-20(21,22)23/h5-11H,3-4,12H2,1-2H3,(H,24,25,27). The van der Waals surface area contributed by atoms with Crippen molar-refractivity contribution in [2.45, 2.75) is 24.9 Å². The molecular weight excluding hydrogens is 467 g/mol. The van der Waals surface area contributed by atoms with E-state index in [4.69, 9.17) is 4.74 Å². The molecule has 0 spiro atoms. The smallest absolute Gasteiger partial charge is 0.422 e. The number of aromatic nitrogens is 1. The third-order valence-corrected chi connectivity index (χ3v) is 7.44. The summed E-state index contributed by atoms with van der Waals surface area (Å²) >= 11 is 1.08. The minimum Gasteiger partial charge on any atom is -0.484 e. The molecule has 0 radical (unpaired) electrons. The number of hydrogen-bond donors (Lipinski definition) is 1. The summed E-state index contributed by atoms with van der Waals surface area (Å²) in [5, 5.41) is 2.86. The number of halogens is 3. The second-order valence-corrected chi connectivity index (χ2v) is 9.59. The molecular formula is C20H20F3N3O4S2. The van der Waals surface area contributed by atoms with Crippen LogP contribution < -0.4 is 10.1 Å². The summed E-state index contributed by atoms with van der Waals surface area (Å²) < 4.78 is 68.6. The highest BCUT2D eigenvalue weighted by Crippen LogP contribution is 2.30. The number of hydrogen-bond acceptors (Lipinski definition) is 6. The maximum atomic E-state index is 12.5. The SMILES string of the molecule is CCN(CC)S(=O)(=O)c1ccc(C(=O)Nc2nc3ccc(OCC(F)(F)F)cc3s2)cc1. The Kier molecular flexibility index (Phi) is 7.06. The van der Waals surface area contributed by atoms with Gasteiger partial charge in [-0.05, 0) is 42.5 Å². The van der Waals surface area contributed by atoms with Gasteiger partial charge in [0.05, 0.1) is 15.1 Å². The minimum absolute atomic E-state index is 0.0429. The van der Waals surface area contributed by atoms with E-state index in [2.05, 4.69) is 10.3 Å². The van der Waals surface area contributed by atoms with E-state index >= 15 is 0 Å². The van der Waals surface area contributed by atoms with Gasteiger partial charge in [-0.3, -0.25) is 10.1 Å².